The summed E-state index contributed by atoms with van der Waals surface area (Å²) in [7, 11) is 0. The number of ether oxygens (including phenoxy) is 3. The summed E-state index contributed by atoms with van der Waals surface area (Å²) in [6, 6.07) is 0. The monoisotopic (exact) mass is 248 g/mol. The zero-order chi connectivity index (χ0) is 13.3. The Bertz CT molecular complexity index is 216. The molecule has 1 unspecified atom stereocenters. The van der Waals surface area contributed by atoms with E-state index in [2.05, 4.69) is 0 Å². The molecule has 0 bridgehead atoms. The lowest BCUT2D eigenvalue weighted by molar-refractivity contribution is -0.0682. The summed E-state index contributed by atoms with van der Waals surface area (Å²) >= 11 is 0. The summed E-state index contributed by atoms with van der Waals surface area (Å²) in [6.45, 7) is 8.07. The third-order valence-corrected chi connectivity index (χ3v) is 2.15. The Balaban J connectivity index is 3.91. The highest BCUT2D eigenvalue weighted by Gasteiger charge is 2.26. The van der Waals surface area contributed by atoms with Crippen LogP contribution in [0.15, 0.2) is 0 Å². The zero-order valence-corrected chi connectivity index (χ0v) is 10.9. The first-order valence-corrected chi connectivity index (χ1v) is 5.69. The third kappa shape index (κ3) is 8.91. The van der Waals surface area contributed by atoms with Crippen LogP contribution in [-0.2, 0) is 14.2 Å². The molecule has 4 N–H and O–H groups in total. The van der Waals surface area contributed by atoms with Crippen molar-refractivity contribution in [3.8, 4) is 0 Å². The van der Waals surface area contributed by atoms with Gasteiger partial charge in [0.05, 0.1) is 25.9 Å². The molecule has 0 heterocycles. The molecule has 6 nitrogen and oxygen atoms in total. The molecular weight excluding hydrogens is 224 g/mol. The van der Waals surface area contributed by atoms with Gasteiger partial charge in [0.1, 0.15) is 6.61 Å². The average Bonchev–Trinajstić information content (AvgIpc) is 2.19. The molecule has 0 fully saturated rings. The molecule has 0 aliphatic heterocycles. The lowest BCUT2D eigenvalue weighted by atomic mass is 9.89. The van der Waals surface area contributed by atoms with Gasteiger partial charge in [0, 0.05) is 6.54 Å². The molecule has 0 saturated carbocycles. The minimum Gasteiger partial charge on any atom is -0.447 e. The van der Waals surface area contributed by atoms with E-state index >= 15 is 0 Å². The van der Waals surface area contributed by atoms with Crippen molar-refractivity contribution in [3.05, 3.63) is 0 Å². The van der Waals surface area contributed by atoms with Gasteiger partial charge < -0.3 is 25.7 Å². The van der Waals surface area contributed by atoms with Crippen molar-refractivity contribution in [3.63, 3.8) is 0 Å². The van der Waals surface area contributed by atoms with Gasteiger partial charge in [-0.3, -0.25) is 0 Å². The van der Waals surface area contributed by atoms with Gasteiger partial charge in [-0.05, 0) is 5.41 Å². The van der Waals surface area contributed by atoms with E-state index in [1.165, 1.54) is 0 Å². The molecule has 0 aliphatic carbocycles. The van der Waals surface area contributed by atoms with E-state index < -0.39 is 6.09 Å². The first-order chi connectivity index (χ1) is 7.88. The molecule has 0 radical (unpaired) electrons. The number of hydrogen-bond donors (Lipinski definition) is 2. The minimum atomic E-state index is -0.790. The highest BCUT2D eigenvalue weighted by Crippen LogP contribution is 2.22. The maximum absolute atomic E-state index is 10.6. The summed E-state index contributed by atoms with van der Waals surface area (Å²) in [5.74, 6) is 0. The highest BCUT2D eigenvalue weighted by molar-refractivity contribution is 5.64. The van der Waals surface area contributed by atoms with Crippen molar-refractivity contribution in [2.45, 2.75) is 26.9 Å². The van der Waals surface area contributed by atoms with Crippen LogP contribution in [0.4, 0.5) is 4.79 Å². The first-order valence-electron chi connectivity index (χ1n) is 5.69. The van der Waals surface area contributed by atoms with Crippen LogP contribution in [0.5, 0.6) is 0 Å². The molecule has 0 aromatic rings. The summed E-state index contributed by atoms with van der Waals surface area (Å²) in [6.07, 6.45) is -1.00. The van der Waals surface area contributed by atoms with Gasteiger partial charge >= 0.3 is 6.09 Å². The van der Waals surface area contributed by atoms with E-state index in [9.17, 15) is 4.79 Å². The maximum atomic E-state index is 10.6. The van der Waals surface area contributed by atoms with Crippen LogP contribution >= 0.6 is 0 Å². The van der Waals surface area contributed by atoms with Gasteiger partial charge in [-0.25, -0.2) is 4.79 Å². The highest BCUT2D eigenvalue weighted by atomic mass is 16.6. The van der Waals surface area contributed by atoms with Gasteiger partial charge in [0.2, 0.25) is 0 Å². The van der Waals surface area contributed by atoms with Crippen LogP contribution in [0.3, 0.4) is 0 Å². The van der Waals surface area contributed by atoms with Crippen LogP contribution in [0, 0.1) is 5.41 Å². The molecule has 6 heteroatoms. The van der Waals surface area contributed by atoms with Crippen molar-refractivity contribution in [2.75, 3.05) is 33.0 Å². The Hall–Kier alpha value is -0.850. The van der Waals surface area contributed by atoms with Gasteiger partial charge in [-0.2, -0.15) is 0 Å². The van der Waals surface area contributed by atoms with E-state index in [0.29, 0.717) is 26.4 Å². The predicted molar refractivity (Wildman–Crippen MR) is 64.6 cm³/mol. The Labute approximate surface area is 103 Å². The van der Waals surface area contributed by atoms with Crippen molar-refractivity contribution >= 4 is 6.09 Å². The van der Waals surface area contributed by atoms with Crippen molar-refractivity contribution in [2.24, 2.45) is 16.9 Å². The molecule has 0 saturated heterocycles. The second-order valence-corrected chi connectivity index (χ2v) is 4.76. The number of carbonyl (C=O) groups is 1. The lowest BCUT2D eigenvalue weighted by Crippen LogP contribution is -2.36. The minimum absolute atomic E-state index is 0.136. The topological polar surface area (TPSA) is 96.8 Å². The summed E-state index contributed by atoms with van der Waals surface area (Å²) in [5.41, 5.74) is 10.1. The second kappa shape index (κ2) is 8.27. The van der Waals surface area contributed by atoms with Gasteiger partial charge in [-0.1, -0.05) is 20.8 Å². The number of nitrogens with two attached hydrogens (primary N) is 2. The molecule has 0 spiro atoms. The maximum Gasteiger partial charge on any atom is 0.404 e. The molecule has 0 aromatic carbocycles. The van der Waals surface area contributed by atoms with Crippen LogP contribution in [-0.4, -0.2) is 45.2 Å². The zero-order valence-electron chi connectivity index (χ0n) is 10.9. The fourth-order valence-corrected chi connectivity index (χ4v) is 1.14. The molecule has 102 valence electrons. The standard InChI is InChI=1S/C11H24N2O4/c1-11(2,3)9(8-17-10(13)14)16-7-6-15-5-4-12/h9H,4-8,12H2,1-3H3,(H2,13,14). The smallest absolute Gasteiger partial charge is 0.404 e. The van der Waals surface area contributed by atoms with E-state index in [-0.39, 0.29) is 18.1 Å². The van der Waals surface area contributed by atoms with Gasteiger partial charge in [0.25, 0.3) is 0 Å². The summed E-state index contributed by atoms with van der Waals surface area (Å²) in [4.78, 5) is 10.6. The summed E-state index contributed by atoms with van der Waals surface area (Å²) in [5, 5.41) is 0. The van der Waals surface area contributed by atoms with Crippen LogP contribution < -0.4 is 11.5 Å². The second-order valence-electron chi connectivity index (χ2n) is 4.76. The molecule has 1 atom stereocenters. The lowest BCUT2D eigenvalue weighted by Gasteiger charge is -2.29. The molecule has 17 heavy (non-hydrogen) atoms. The average molecular weight is 248 g/mol. The summed E-state index contributed by atoms with van der Waals surface area (Å²) < 4.78 is 15.6. The van der Waals surface area contributed by atoms with Crippen molar-refractivity contribution in [1.82, 2.24) is 0 Å². The number of primary amides is 1. The van der Waals surface area contributed by atoms with E-state index in [4.69, 9.17) is 25.7 Å². The fraction of sp³-hybridized carbons (Fsp3) is 0.909. The van der Waals surface area contributed by atoms with Crippen LogP contribution in [0.1, 0.15) is 20.8 Å². The van der Waals surface area contributed by atoms with Crippen molar-refractivity contribution in [1.29, 1.82) is 0 Å². The third-order valence-electron chi connectivity index (χ3n) is 2.15. The molecular formula is C11H24N2O4. The molecule has 1 amide bonds. The normalized spacial score (nSPS) is 13.4. The van der Waals surface area contributed by atoms with Crippen LogP contribution in [0.2, 0.25) is 0 Å². The quantitative estimate of drug-likeness (QED) is 0.609. The Kier molecular flexibility index (Phi) is 7.86. The predicted octanol–water partition coefficient (Wildman–Crippen LogP) is 0.488. The molecule has 0 aromatic heterocycles. The number of hydrogen-bond acceptors (Lipinski definition) is 5. The SMILES string of the molecule is CC(C)(C)C(COC(N)=O)OCCOCCN. The number of rotatable bonds is 8. The molecule has 0 rings (SSSR count). The number of amides is 1. The Morgan fingerprint density at radius 1 is 1.24 bits per heavy atom. The van der Waals surface area contributed by atoms with E-state index in [1.54, 1.807) is 0 Å². The van der Waals surface area contributed by atoms with Crippen molar-refractivity contribution < 1.29 is 19.0 Å². The number of carbonyl (C=O) groups excluding carboxylic acids is 1. The van der Waals surface area contributed by atoms with Gasteiger partial charge in [0.15, 0.2) is 0 Å². The first kappa shape index (κ1) is 16.1. The Morgan fingerprint density at radius 2 is 1.88 bits per heavy atom. The largest absolute Gasteiger partial charge is 0.447 e. The molecule has 0 aliphatic rings. The van der Waals surface area contributed by atoms with E-state index in [0.717, 1.165) is 0 Å². The van der Waals surface area contributed by atoms with E-state index in [1.807, 2.05) is 20.8 Å². The van der Waals surface area contributed by atoms with Crippen LogP contribution in [0.25, 0.3) is 0 Å². The fourth-order valence-electron chi connectivity index (χ4n) is 1.14. The Morgan fingerprint density at radius 3 is 2.35 bits per heavy atom. The van der Waals surface area contributed by atoms with Gasteiger partial charge in [-0.15, -0.1) is 0 Å².